The van der Waals surface area contributed by atoms with Crippen molar-refractivity contribution in [3.05, 3.63) is 87.8 Å². The molecule has 0 aromatic heterocycles. The van der Waals surface area contributed by atoms with Crippen LogP contribution in [-0.2, 0) is 4.79 Å². The maximum atomic E-state index is 12.4. The summed E-state index contributed by atoms with van der Waals surface area (Å²) in [6, 6.07) is 17.5. The molecule has 2 N–H and O–H groups in total. The molecule has 184 valence electrons. The second-order valence-electron chi connectivity index (χ2n) is 7.91. The summed E-state index contributed by atoms with van der Waals surface area (Å²) >= 11 is 6.01. The average Bonchev–Trinajstić information content (AvgIpc) is 2.88. The molecule has 1 aliphatic rings. The molecule has 0 radical (unpaired) electrons. The Kier molecular flexibility index (Phi) is 7.23. The van der Waals surface area contributed by atoms with Gasteiger partial charge in [-0.05, 0) is 54.4 Å². The van der Waals surface area contributed by atoms with Gasteiger partial charge >= 0.3 is 5.97 Å². The number of rotatable bonds is 7. The highest BCUT2D eigenvalue weighted by atomic mass is 35.5. The number of esters is 1. The summed E-state index contributed by atoms with van der Waals surface area (Å²) in [4.78, 5) is 12.4. The van der Waals surface area contributed by atoms with Crippen LogP contribution in [0.15, 0.2) is 66.1 Å². The number of benzene rings is 3. The largest absolute Gasteiger partial charge is 0.493 e. The van der Waals surface area contributed by atoms with Gasteiger partial charge < -0.3 is 29.4 Å². The Morgan fingerprint density at radius 1 is 1.06 bits per heavy atom. The predicted molar refractivity (Wildman–Crippen MR) is 133 cm³/mol. The third kappa shape index (κ3) is 5.02. The molecular formula is C27H23ClN2O6. The van der Waals surface area contributed by atoms with E-state index in [1.54, 1.807) is 55.6 Å². The molecule has 0 aliphatic carbocycles. The van der Waals surface area contributed by atoms with Crippen LogP contribution in [0.25, 0.3) is 0 Å². The molecule has 36 heavy (non-hydrogen) atoms. The van der Waals surface area contributed by atoms with Gasteiger partial charge in [-0.15, -0.1) is 0 Å². The van der Waals surface area contributed by atoms with E-state index in [1.807, 2.05) is 13.0 Å². The van der Waals surface area contributed by atoms with Crippen LogP contribution in [0.2, 0.25) is 5.02 Å². The van der Waals surface area contributed by atoms with Crippen LogP contribution in [0.1, 0.15) is 22.6 Å². The summed E-state index contributed by atoms with van der Waals surface area (Å²) in [5, 5.41) is 10.4. The van der Waals surface area contributed by atoms with Gasteiger partial charge in [-0.2, -0.15) is 5.26 Å². The quantitative estimate of drug-likeness (QED) is 0.357. The summed E-state index contributed by atoms with van der Waals surface area (Å²) in [6.07, 6.45) is 0. The van der Waals surface area contributed by atoms with E-state index in [4.69, 9.17) is 41.0 Å². The summed E-state index contributed by atoms with van der Waals surface area (Å²) in [6.45, 7) is 1.54. The summed E-state index contributed by atoms with van der Waals surface area (Å²) in [7, 11) is 3.08. The standard InChI is InChI=1S/C27H23ClN2O6/c1-15-10-17(6-8-21(15)28)34-14-25(31)35-18-5-7-19-23(12-18)36-27(30)20(13-29)26(19)16-4-9-22(32-2)24(11-16)33-3/h4-12,26H,14,30H2,1-3H3. The van der Waals surface area contributed by atoms with Crippen molar-refractivity contribution in [2.45, 2.75) is 12.8 Å². The molecular weight excluding hydrogens is 484 g/mol. The molecule has 3 aromatic rings. The van der Waals surface area contributed by atoms with Gasteiger partial charge in [0.1, 0.15) is 28.9 Å². The molecule has 0 bridgehead atoms. The minimum absolute atomic E-state index is 0.0327. The first kappa shape index (κ1) is 24.8. The molecule has 0 saturated carbocycles. The molecule has 4 rings (SSSR count). The van der Waals surface area contributed by atoms with Crippen LogP contribution in [-0.4, -0.2) is 26.8 Å². The van der Waals surface area contributed by atoms with Crippen LogP contribution in [0.5, 0.6) is 28.7 Å². The van der Waals surface area contributed by atoms with E-state index in [2.05, 4.69) is 6.07 Å². The highest BCUT2D eigenvalue weighted by Gasteiger charge is 2.31. The first-order chi connectivity index (χ1) is 17.3. The van der Waals surface area contributed by atoms with Crippen LogP contribution in [0.4, 0.5) is 0 Å². The Balaban J connectivity index is 1.57. The fourth-order valence-corrected chi connectivity index (χ4v) is 4.00. The number of aryl methyl sites for hydroxylation is 1. The van der Waals surface area contributed by atoms with Crippen LogP contribution in [0, 0.1) is 18.3 Å². The number of nitrogens with two attached hydrogens (primary N) is 1. The number of ether oxygens (including phenoxy) is 5. The van der Waals surface area contributed by atoms with Crippen molar-refractivity contribution < 1.29 is 28.5 Å². The zero-order chi connectivity index (χ0) is 25.8. The van der Waals surface area contributed by atoms with E-state index in [1.165, 1.54) is 7.11 Å². The number of nitrogens with zero attached hydrogens (tertiary/aromatic N) is 1. The van der Waals surface area contributed by atoms with Gasteiger partial charge in [-0.25, -0.2) is 4.79 Å². The van der Waals surface area contributed by atoms with E-state index in [9.17, 15) is 10.1 Å². The number of allylic oxidation sites excluding steroid dienone is 1. The minimum atomic E-state index is -0.601. The third-order valence-electron chi connectivity index (χ3n) is 5.65. The second-order valence-corrected chi connectivity index (χ2v) is 8.32. The summed E-state index contributed by atoms with van der Waals surface area (Å²) < 4.78 is 27.4. The predicted octanol–water partition coefficient (Wildman–Crippen LogP) is 4.87. The molecule has 8 nitrogen and oxygen atoms in total. The molecule has 1 atom stereocenters. The first-order valence-electron chi connectivity index (χ1n) is 10.9. The summed E-state index contributed by atoms with van der Waals surface area (Å²) in [5.74, 6) is 1.04. The Morgan fingerprint density at radius 2 is 1.81 bits per heavy atom. The zero-order valence-electron chi connectivity index (χ0n) is 19.8. The maximum Gasteiger partial charge on any atom is 0.349 e. The molecule has 1 heterocycles. The average molecular weight is 507 g/mol. The lowest BCUT2D eigenvalue weighted by Gasteiger charge is -2.27. The highest BCUT2D eigenvalue weighted by molar-refractivity contribution is 6.31. The molecule has 3 aromatic carbocycles. The van der Waals surface area contributed by atoms with Crippen molar-refractivity contribution >= 4 is 17.6 Å². The number of nitriles is 1. The molecule has 1 unspecified atom stereocenters. The lowest BCUT2D eigenvalue weighted by atomic mass is 9.83. The fraction of sp³-hybridized carbons (Fsp3) is 0.185. The van der Waals surface area contributed by atoms with Crippen molar-refractivity contribution in [1.82, 2.24) is 0 Å². The third-order valence-corrected chi connectivity index (χ3v) is 6.07. The molecule has 1 aliphatic heterocycles. The van der Waals surface area contributed by atoms with Crippen molar-refractivity contribution in [1.29, 1.82) is 5.26 Å². The van der Waals surface area contributed by atoms with Crippen LogP contribution < -0.4 is 29.4 Å². The highest BCUT2D eigenvalue weighted by Crippen LogP contribution is 2.45. The van der Waals surface area contributed by atoms with Gasteiger partial charge in [0.2, 0.25) is 5.88 Å². The molecule has 0 fully saturated rings. The lowest BCUT2D eigenvalue weighted by molar-refractivity contribution is -0.136. The Bertz CT molecular complexity index is 1400. The number of hydrogen-bond acceptors (Lipinski definition) is 8. The maximum absolute atomic E-state index is 12.4. The van der Waals surface area contributed by atoms with Crippen molar-refractivity contribution in [3.63, 3.8) is 0 Å². The molecule has 0 saturated heterocycles. The van der Waals surface area contributed by atoms with E-state index in [-0.39, 0.29) is 23.8 Å². The smallest absolute Gasteiger partial charge is 0.349 e. The SMILES string of the molecule is COc1ccc(C2C(C#N)=C(N)Oc3cc(OC(=O)COc4ccc(Cl)c(C)c4)ccc32)cc1OC. The van der Waals surface area contributed by atoms with Crippen LogP contribution in [0.3, 0.4) is 0 Å². The van der Waals surface area contributed by atoms with Gasteiger partial charge in [-0.3, -0.25) is 0 Å². The minimum Gasteiger partial charge on any atom is -0.493 e. The normalized spacial score (nSPS) is 14.2. The number of hydrogen-bond donors (Lipinski definition) is 1. The molecule has 9 heteroatoms. The zero-order valence-corrected chi connectivity index (χ0v) is 20.6. The number of carbonyl (C=O) groups excluding carboxylic acids is 1. The van der Waals surface area contributed by atoms with Crippen molar-refractivity contribution in [2.75, 3.05) is 20.8 Å². The molecule has 0 amide bonds. The number of halogens is 1. The van der Waals surface area contributed by atoms with Crippen molar-refractivity contribution in [3.8, 4) is 34.8 Å². The second kappa shape index (κ2) is 10.5. The number of fused-ring (bicyclic) bond motifs is 1. The molecule has 0 spiro atoms. The van der Waals surface area contributed by atoms with E-state index in [0.29, 0.717) is 33.6 Å². The van der Waals surface area contributed by atoms with E-state index >= 15 is 0 Å². The Labute approximate surface area is 213 Å². The van der Waals surface area contributed by atoms with Gasteiger partial charge in [-0.1, -0.05) is 23.7 Å². The van der Waals surface area contributed by atoms with Crippen molar-refractivity contribution in [2.24, 2.45) is 5.73 Å². The Hall–Kier alpha value is -4.35. The van der Waals surface area contributed by atoms with Gasteiger partial charge in [0, 0.05) is 16.7 Å². The van der Waals surface area contributed by atoms with E-state index < -0.39 is 11.9 Å². The van der Waals surface area contributed by atoms with E-state index in [0.717, 1.165) is 11.1 Å². The van der Waals surface area contributed by atoms with Gasteiger partial charge in [0.25, 0.3) is 0 Å². The first-order valence-corrected chi connectivity index (χ1v) is 11.3. The fourth-order valence-electron chi connectivity index (χ4n) is 3.88. The number of methoxy groups -OCH3 is 2. The number of carbonyl (C=O) groups is 1. The Morgan fingerprint density at radius 3 is 2.50 bits per heavy atom. The summed E-state index contributed by atoms with van der Waals surface area (Å²) in [5.41, 5.74) is 8.62. The monoisotopic (exact) mass is 506 g/mol. The lowest BCUT2D eigenvalue weighted by Crippen LogP contribution is -2.21. The van der Waals surface area contributed by atoms with Gasteiger partial charge in [0.05, 0.1) is 20.1 Å². The van der Waals surface area contributed by atoms with Crippen LogP contribution >= 0.6 is 11.6 Å². The van der Waals surface area contributed by atoms with Gasteiger partial charge in [0.15, 0.2) is 18.1 Å². The topological polar surface area (TPSA) is 113 Å².